The van der Waals surface area contributed by atoms with Crippen molar-refractivity contribution in [2.24, 2.45) is 0 Å². The number of hydrogen-bond acceptors (Lipinski definition) is 2. The first-order valence-corrected chi connectivity index (χ1v) is 6.55. The minimum atomic E-state index is -0.500. The number of amides is 1. The lowest BCUT2D eigenvalue weighted by Gasteiger charge is -2.34. The van der Waals surface area contributed by atoms with Crippen molar-refractivity contribution in [1.82, 2.24) is 9.88 Å². The summed E-state index contributed by atoms with van der Waals surface area (Å²) in [5, 5.41) is -0.0192. The first kappa shape index (κ1) is 13.3. The Morgan fingerprint density at radius 3 is 2.83 bits per heavy atom. The van der Waals surface area contributed by atoms with Crippen molar-refractivity contribution in [2.75, 3.05) is 7.05 Å². The minimum Gasteiger partial charge on any atom is -0.337 e. The number of rotatable bonds is 2. The Bertz CT molecular complexity index is 441. The van der Waals surface area contributed by atoms with Gasteiger partial charge in [0.25, 0.3) is 5.91 Å². The summed E-state index contributed by atoms with van der Waals surface area (Å²) >= 11 is 6.26. The highest BCUT2D eigenvalue weighted by molar-refractivity contribution is 6.21. The molecule has 1 fully saturated rings. The van der Waals surface area contributed by atoms with Crippen molar-refractivity contribution >= 4 is 17.5 Å². The standard InChI is InChI=1S/C13H16ClFN2O/c1-17(12-5-3-2-4-11(12)14)13(18)9-6-10(15)8-16-7-9/h6-8,11-12H,2-5H2,1H3. The molecule has 18 heavy (non-hydrogen) atoms. The molecule has 1 amide bonds. The molecule has 98 valence electrons. The highest BCUT2D eigenvalue weighted by atomic mass is 35.5. The lowest BCUT2D eigenvalue weighted by atomic mass is 9.93. The molecule has 1 heterocycles. The van der Waals surface area contributed by atoms with Crippen molar-refractivity contribution in [3.8, 4) is 0 Å². The largest absolute Gasteiger partial charge is 0.337 e. The summed E-state index contributed by atoms with van der Waals surface area (Å²) in [6.07, 6.45) is 6.47. The third-order valence-corrected chi connectivity index (χ3v) is 3.93. The molecule has 0 aliphatic heterocycles. The topological polar surface area (TPSA) is 33.2 Å². The fourth-order valence-corrected chi connectivity index (χ4v) is 2.83. The Balaban J connectivity index is 2.13. The predicted octanol–water partition coefficient (Wildman–Crippen LogP) is 2.84. The smallest absolute Gasteiger partial charge is 0.255 e. The van der Waals surface area contributed by atoms with E-state index < -0.39 is 5.82 Å². The lowest BCUT2D eigenvalue weighted by Crippen LogP contribution is -2.44. The van der Waals surface area contributed by atoms with Crippen LogP contribution in [-0.2, 0) is 0 Å². The molecule has 0 saturated heterocycles. The van der Waals surface area contributed by atoms with Gasteiger partial charge in [-0.25, -0.2) is 4.39 Å². The fraction of sp³-hybridized carbons (Fsp3) is 0.538. The number of hydrogen-bond donors (Lipinski definition) is 0. The minimum absolute atomic E-state index is 0.0192. The zero-order chi connectivity index (χ0) is 13.1. The van der Waals surface area contributed by atoms with Crippen LogP contribution in [0.15, 0.2) is 18.5 Å². The zero-order valence-electron chi connectivity index (χ0n) is 10.3. The summed E-state index contributed by atoms with van der Waals surface area (Å²) in [5.41, 5.74) is 0.270. The first-order chi connectivity index (χ1) is 8.59. The third-order valence-electron chi connectivity index (χ3n) is 3.42. The molecule has 1 aromatic heterocycles. The summed E-state index contributed by atoms with van der Waals surface area (Å²) in [6.45, 7) is 0. The van der Waals surface area contributed by atoms with Gasteiger partial charge in [0.05, 0.1) is 17.1 Å². The maximum absolute atomic E-state index is 13.1. The first-order valence-electron chi connectivity index (χ1n) is 6.11. The van der Waals surface area contributed by atoms with Crippen LogP contribution in [0.4, 0.5) is 4.39 Å². The van der Waals surface area contributed by atoms with Crippen molar-refractivity contribution in [2.45, 2.75) is 37.1 Å². The molecule has 2 rings (SSSR count). The van der Waals surface area contributed by atoms with Gasteiger partial charge in [-0.1, -0.05) is 12.8 Å². The van der Waals surface area contributed by atoms with Crippen LogP contribution >= 0.6 is 11.6 Å². The summed E-state index contributed by atoms with van der Waals surface area (Å²) in [5.74, 6) is -0.722. The molecule has 1 aliphatic rings. The quantitative estimate of drug-likeness (QED) is 0.774. The molecular formula is C13H16ClFN2O. The number of alkyl halides is 1. The molecule has 0 bridgehead atoms. The van der Waals surface area contributed by atoms with Crippen molar-refractivity contribution in [3.63, 3.8) is 0 Å². The van der Waals surface area contributed by atoms with Crippen LogP contribution in [0, 0.1) is 5.82 Å². The van der Waals surface area contributed by atoms with Gasteiger partial charge < -0.3 is 4.90 Å². The molecular weight excluding hydrogens is 255 g/mol. The van der Waals surface area contributed by atoms with Crippen LogP contribution in [0.25, 0.3) is 0 Å². The summed E-state index contributed by atoms with van der Waals surface area (Å²) < 4.78 is 13.1. The Morgan fingerprint density at radius 1 is 1.44 bits per heavy atom. The molecule has 0 N–H and O–H groups in total. The van der Waals surface area contributed by atoms with Gasteiger partial charge in [0.1, 0.15) is 5.82 Å². The lowest BCUT2D eigenvalue weighted by molar-refractivity contribution is 0.0699. The van der Waals surface area contributed by atoms with Crippen molar-refractivity contribution in [3.05, 3.63) is 29.8 Å². The summed E-state index contributed by atoms with van der Waals surface area (Å²) in [7, 11) is 1.72. The second-order valence-corrected chi connectivity index (χ2v) is 5.24. The van der Waals surface area contributed by atoms with Crippen LogP contribution in [-0.4, -0.2) is 34.3 Å². The highest BCUT2D eigenvalue weighted by Crippen LogP contribution is 2.27. The normalized spacial score (nSPS) is 23.7. The Morgan fingerprint density at radius 2 is 2.17 bits per heavy atom. The van der Waals surface area contributed by atoms with Crippen LogP contribution in [0.2, 0.25) is 0 Å². The Kier molecular flexibility index (Phi) is 4.17. The summed E-state index contributed by atoms with van der Waals surface area (Å²) in [4.78, 5) is 17.5. The molecule has 5 heteroatoms. The van der Waals surface area contributed by atoms with E-state index in [1.807, 2.05) is 0 Å². The highest BCUT2D eigenvalue weighted by Gasteiger charge is 2.29. The molecule has 0 spiro atoms. The van der Waals surface area contributed by atoms with E-state index >= 15 is 0 Å². The fourth-order valence-electron chi connectivity index (χ4n) is 2.39. The maximum atomic E-state index is 13.1. The van der Waals surface area contributed by atoms with Crippen molar-refractivity contribution in [1.29, 1.82) is 0 Å². The van der Waals surface area contributed by atoms with E-state index in [0.717, 1.165) is 31.9 Å². The molecule has 1 aromatic rings. The average Bonchev–Trinajstić information content (AvgIpc) is 2.37. The van der Waals surface area contributed by atoms with Crippen LogP contribution in [0.5, 0.6) is 0 Å². The second kappa shape index (κ2) is 5.65. The predicted molar refractivity (Wildman–Crippen MR) is 68.2 cm³/mol. The summed E-state index contributed by atoms with van der Waals surface area (Å²) in [6, 6.07) is 1.23. The number of halogens is 2. The van der Waals surface area contributed by atoms with Gasteiger partial charge in [0.2, 0.25) is 0 Å². The van der Waals surface area contributed by atoms with Crippen molar-refractivity contribution < 1.29 is 9.18 Å². The second-order valence-electron chi connectivity index (χ2n) is 4.68. The van der Waals surface area contributed by atoms with Gasteiger partial charge in [-0.05, 0) is 18.9 Å². The van der Waals surface area contributed by atoms with Crippen LogP contribution < -0.4 is 0 Å². The Hall–Kier alpha value is -1.16. The zero-order valence-corrected chi connectivity index (χ0v) is 11.0. The van der Waals surface area contributed by atoms with Gasteiger partial charge in [-0.2, -0.15) is 0 Å². The Labute approximate surface area is 111 Å². The molecule has 1 saturated carbocycles. The van der Waals surface area contributed by atoms with Gasteiger partial charge in [-0.15, -0.1) is 11.6 Å². The number of carbonyl (C=O) groups excluding carboxylic acids is 1. The third kappa shape index (κ3) is 2.80. The number of nitrogens with zero attached hydrogens (tertiary/aromatic N) is 2. The van der Waals surface area contributed by atoms with E-state index in [9.17, 15) is 9.18 Å². The van der Waals surface area contributed by atoms with Gasteiger partial charge in [0, 0.05) is 19.3 Å². The van der Waals surface area contributed by atoms with Gasteiger partial charge in [0.15, 0.2) is 0 Å². The van der Waals surface area contributed by atoms with Gasteiger partial charge >= 0.3 is 0 Å². The van der Waals surface area contributed by atoms with Crippen LogP contribution in [0.3, 0.4) is 0 Å². The van der Waals surface area contributed by atoms with E-state index in [4.69, 9.17) is 11.6 Å². The SMILES string of the molecule is CN(C(=O)c1cncc(F)c1)C1CCCCC1Cl. The van der Waals surface area contributed by atoms with Crippen LogP contribution in [0.1, 0.15) is 36.0 Å². The van der Waals surface area contributed by atoms with E-state index in [-0.39, 0.29) is 22.9 Å². The number of aromatic nitrogens is 1. The molecule has 1 aliphatic carbocycles. The van der Waals surface area contributed by atoms with E-state index in [1.165, 1.54) is 12.3 Å². The van der Waals surface area contributed by atoms with Gasteiger partial charge in [-0.3, -0.25) is 9.78 Å². The number of carbonyl (C=O) groups is 1. The molecule has 3 nitrogen and oxygen atoms in total. The average molecular weight is 271 g/mol. The van der Waals surface area contributed by atoms with E-state index in [2.05, 4.69) is 4.98 Å². The maximum Gasteiger partial charge on any atom is 0.255 e. The van der Waals surface area contributed by atoms with E-state index in [0.29, 0.717) is 0 Å². The molecule has 2 atom stereocenters. The molecule has 0 aromatic carbocycles. The van der Waals surface area contributed by atoms with E-state index in [1.54, 1.807) is 11.9 Å². The monoisotopic (exact) mass is 270 g/mol. The molecule has 2 unspecified atom stereocenters. The number of pyridine rings is 1. The molecule has 0 radical (unpaired) electrons.